The Morgan fingerprint density at radius 2 is 1.93 bits per heavy atom. The fourth-order valence-corrected chi connectivity index (χ4v) is 3.67. The molecule has 0 saturated carbocycles. The van der Waals surface area contributed by atoms with Gasteiger partial charge in [0.1, 0.15) is 0 Å². The van der Waals surface area contributed by atoms with Gasteiger partial charge in [-0.2, -0.15) is 13.2 Å². The number of guanidine groups is 1. The Balaban J connectivity index is 0.00000420. The Bertz CT molecular complexity index is 752. The highest BCUT2D eigenvalue weighted by Crippen LogP contribution is 2.18. The van der Waals surface area contributed by atoms with Crippen molar-refractivity contribution < 1.29 is 26.3 Å². The number of ether oxygens (including phenoxy) is 1. The largest absolute Gasteiger partial charge is 0.390 e. The van der Waals surface area contributed by atoms with E-state index in [0.717, 1.165) is 18.4 Å². The summed E-state index contributed by atoms with van der Waals surface area (Å²) in [6.07, 6.45) is -3.51. The molecule has 29 heavy (non-hydrogen) atoms. The molecule has 1 atom stereocenters. The summed E-state index contributed by atoms with van der Waals surface area (Å²) >= 11 is 0. The normalized spacial score (nSPS) is 17.7. The van der Waals surface area contributed by atoms with Gasteiger partial charge in [0.15, 0.2) is 5.96 Å². The Hall–Kier alpha value is -1.12. The van der Waals surface area contributed by atoms with Crippen molar-refractivity contribution in [2.75, 3.05) is 26.7 Å². The van der Waals surface area contributed by atoms with E-state index in [1.54, 1.807) is 12.1 Å². The second kappa shape index (κ2) is 11.9. The van der Waals surface area contributed by atoms with E-state index < -0.39 is 22.6 Å². The number of nitrogens with one attached hydrogen (secondary N) is 3. The minimum atomic E-state index is -4.23. The number of halogens is 4. The van der Waals surface area contributed by atoms with E-state index in [1.165, 1.54) is 19.2 Å². The SMILES string of the molecule is CN=C(NCCC(F)(F)F)NCc1ccc(S(=O)(=O)NCC2CCCO2)cc1.I. The van der Waals surface area contributed by atoms with Crippen LogP contribution in [0, 0.1) is 0 Å². The molecule has 3 N–H and O–H groups in total. The summed E-state index contributed by atoms with van der Waals surface area (Å²) in [7, 11) is -2.16. The molecule has 0 bridgehead atoms. The summed E-state index contributed by atoms with van der Waals surface area (Å²) in [5.41, 5.74) is 0.761. The van der Waals surface area contributed by atoms with Gasteiger partial charge < -0.3 is 15.4 Å². The van der Waals surface area contributed by atoms with Gasteiger partial charge in [0, 0.05) is 33.3 Å². The third-order valence-corrected chi connectivity index (χ3v) is 5.58. The van der Waals surface area contributed by atoms with E-state index in [4.69, 9.17) is 4.74 Å². The minimum absolute atomic E-state index is 0. The number of sulfonamides is 1. The molecular weight excluding hydrogens is 524 g/mol. The van der Waals surface area contributed by atoms with Gasteiger partial charge in [-0.15, -0.1) is 24.0 Å². The summed E-state index contributed by atoms with van der Waals surface area (Å²) in [5, 5.41) is 5.46. The molecule has 0 spiro atoms. The Kier molecular flexibility index (Phi) is 10.6. The maximum atomic E-state index is 12.3. The zero-order chi connectivity index (χ0) is 20.6. The molecule has 1 heterocycles. The zero-order valence-corrected chi connectivity index (χ0v) is 19.1. The standard InChI is InChI=1S/C17H25F3N4O3S.HI/c1-21-16(22-9-8-17(18,19)20)23-11-13-4-6-15(7-5-13)28(25,26)24-12-14-3-2-10-27-14;/h4-7,14,24H,2-3,8-12H2,1H3,(H2,21,22,23);1H. The Morgan fingerprint density at radius 1 is 1.24 bits per heavy atom. The smallest absolute Gasteiger partial charge is 0.377 e. The van der Waals surface area contributed by atoms with Crippen LogP contribution in [0.4, 0.5) is 13.2 Å². The molecule has 0 aromatic heterocycles. The summed E-state index contributed by atoms with van der Waals surface area (Å²) in [6, 6.07) is 6.23. The van der Waals surface area contributed by atoms with Gasteiger partial charge in [0.05, 0.1) is 17.4 Å². The van der Waals surface area contributed by atoms with Crippen molar-refractivity contribution in [1.82, 2.24) is 15.4 Å². The van der Waals surface area contributed by atoms with Crippen molar-refractivity contribution in [2.45, 2.75) is 43.0 Å². The second-order valence-electron chi connectivity index (χ2n) is 6.35. The number of nitrogens with zero attached hydrogens (tertiary/aromatic N) is 1. The van der Waals surface area contributed by atoms with Crippen LogP contribution in [0.25, 0.3) is 0 Å². The van der Waals surface area contributed by atoms with Crippen molar-refractivity contribution in [2.24, 2.45) is 4.99 Å². The lowest BCUT2D eigenvalue weighted by Gasteiger charge is -2.14. The molecule has 0 amide bonds. The molecule has 1 unspecified atom stereocenters. The van der Waals surface area contributed by atoms with Crippen molar-refractivity contribution in [1.29, 1.82) is 0 Å². The maximum Gasteiger partial charge on any atom is 0.390 e. The Labute approximate surface area is 185 Å². The van der Waals surface area contributed by atoms with Crippen LogP contribution >= 0.6 is 24.0 Å². The second-order valence-corrected chi connectivity index (χ2v) is 8.12. The van der Waals surface area contributed by atoms with Gasteiger partial charge in [0.2, 0.25) is 10.0 Å². The van der Waals surface area contributed by atoms with Crippen LogP contribution in [-0.4, -0.2) is 53.4 Å². The average molecular weight is 550 g/mol. The van der Waals surface area contributed by atoms with Gasteiger partial charge in [-0.1, -0.05) is 12.1 Å². The molecule has 166 valence electrons. The van der Waals surface area contributed by atoms with E-state index >= 15 is 0 Å². The van der Waals surface area contributed by atoms with E-state index in [0.29, 0.717) is 6.61 Å². The quantitative estimate of drug-likeness (QED) is 0.263. The summed E-state index contributed by atoms with van der Waals surface area (Å²) < 4.78 is 69.1. The molecule has 12 heteroatoms. The molecule has 0 radical (unpaired) electrons. The van der Waals surface area contributed by atoms with Gasteiger partial charge in [-0.3, -0.25) is 4.99 Å². The first-order chi connectivity index (χ1) is 13.2. The van der Waals surface area contributed by atoms with Crippen LogP contribution in [0.1, 0.15) is 24.8 Å². The number of alkyl halides is 3. The van der Waals surface area contributed by atoms with E-state index in [-0.39, 0.29) is 60.6 Å². The predicted molar refractivity (Wildman–Crippen MR) is 115 cm³/mol. The fourth-order valence-electron chi connectivity index (χ4n) is 2.61. The van der Waals surface area contributed by atoms with Crippen molar-refractivity contribution >= 4 is 40.0 Å². The molecule has 1 aliphatic heterocycles. The predicted octanol–water partition coefficient (Wildman–Crippen LogP) is 2.38. The summed E-state index contributed by atoms with van der Waals surface area (Å²) in [5.74, 6) is 0.235. The minimum Gasteiger partial charge on any atom is -0.377 e. The van der Waals surface area contributed by atoms with E-state index in [9.17, 15) is 21.6 Å². The van der Waals surface area contributed by atoms with Crippen molar-refractivity contribution in [3.05, 3.63) is 29.8 Å². The highest BCUT2D eigenvalue weighted by molar-refractivity contribution is 14.0. The molecule has 1 saturated heterocycles. The lowest BCUT2D eigenvalue weighted by Crippen LogP contribution is -2.38. The Morgan fingerprint density at radius 3 is 2.48 bits per heavy atom. The van der Waals surface area contributed by atoms with Crippen LogP contribution in [0.5, 0.6) is 0 Å². The van der Waals surface area contributed by atoms with Crippen LogP contribution in [0.15, 0.2) is 34.2 Å². The number of rotatable bonds is 8. The fraction of sp³-hybridized carbons (Fsp3) is 0.588. The highest BCUT2D eigenvalue weighted by atomic mass is 127. The van der Waals surface area contributed by atoms with Gasteiger partial charge in [-0.25, -0.2) is 13.1 Å². The molecule has 1 aromatic rings. The van der Waals surface area contributed by atoms with Crippen LogP contribution in [-0.2, 0) is 21.3 Å². The molecule has 1 aromatic carbocycles. The van der Waals surface area contributed by atoms with Gasteiger partial charge in [0.25, 0.3) is 0 Å². The van der Waals surface area contributed by atoms with Crippen LogP contribution in [0.3, 0.4) is 0 Å². The van der Waals surface area contributed by atoms with Gasteiger partial charge in [-0.05, 0) is 30.5 Å². The van der Waals surface area contributed by atoms with E-state index in [1.807, 2.05) is 0 Å². The first-order valence-electron chi connectivity index (χ1n) is 8.91. The lowest BCUT2D eigenvalue weighted by atomic mass is 10.2. The van der Waals surface area contributed by atoms with Crippen LogP contribution < -0.4 is 15.4 Å². The zero-order valence-electron chi connectivity index (χ0n) is 16.0. The molecule has 0 aliphatic carbocycles. The number of hydrogen-bond acceptors (Lipinski definition) is 4. The molecular formula is C17H26F3IN4O3S. The van der Waals surface area contributed by atoms with E-state index in [2.05, 4.69) is 20.3 Å². The average Bonchev–Trinajstić information content (AvgIpc) is 3.16. The molecule has 7 nitrogen and oxygen atoms in total. The first kappa shape index (κ1) is 25.9. The molecule has 1 fully saturated rings. The third kappa shape index (κ3) is 9.49. The highest BCUT2D eigenvalue weighted by Gasteiger charge is 2.26. The third-order valence-electron chi connectivity index (χ3n) is 4.14. The summed E-state index contributed by atoms with van der Waals surface area (Å²) in [4.78, 5) is 3.99. The van der Waals surface area contributed by atoms with Crippen molar-refractivity contribution in [3.8, 4) is 0 Å². The number of hydrogen-bond donors (Lipinski definition) is 3. The topological polar surface area (TPSA) is 91.8 Å². The molecule has 2 rings (SSSR count). The van der Waals surface area contributed by atoms with Crippen LogP contribution in [0.2, 0.25) is 0 Å². The summed E-state index contributed by atoms with van der Waals surface area (Å²) in [6.45, 7) is 0.903. The van der Waals surface area contributed by atoms with Gasteiger partial charge >= 0.3 is 6.18 Å². The molecule has 1 aliphatic rings. The maximum absolute atomic E-state index is 12.3. The monoisotopic (exact) mass is 550 g/mol. The lowest BCUT2D eigenvalue weighted by molar-refractivity contribution is -0.132. The number of benzene rings is 1. The number of aliphatic imine (C=N–C) groups is 1. The first-order valence-corrected chi connectivity index (χ1v) is 10.4. The van der Waals surface area contributed by atoms with Crippen molar-refractivity contribution in [3.63, 3.8) is 0 Å².